The van der Waals surface area contributed by atoms with Gasteiger partial charge in [-0.15, -0.1) is 0 Å². The smallest absolute Gasteiger partial charge is 0.175 e. The minimum Gasteiger partial charge on any atom is -0.377 e. The van der Waals surface area contributed by atoms with Gasteiger partial charge in [0.2, 0.25) is 0 Å². The maximum absolute atomic E-state index is 8.50. The van der Waals surface area contributed by atoms with E-state index >= 15 is 0 Å². The lowest BCUT2D eigenvalue weighted by molar-refractivity contribution is -0.103. The van der Waals surface area contributed by atoms with E-state index in [1.54, 1.807) is 0 Å². The van der Waals surface area contributed by atoms with Crippen LogP contribution in [0.5, 0.6) is 0 Å². The summed E-state index contributed by atoms with van der Waals surface area (Å²) >= 11 is 0. The molecule has 0 aromatic heterocycles. The lowest BCUT2D eigenvalue weighted by Gasteiger charge is -2.08. The van der Waals surface area contributed by atoms with Crippen LogP contribution in [0.4, 0.5) is 0 Å². The highest BCUT2D eigenvalue weighted by Crippen LogP contribution is 1.85. The van der Waals surface area contributed by atoms with Gasteiger partial charge < -0.3 is 44.1 Å². The second kappa shape index (κ2) is 16.0. The third-order valence-electron chi connectivity index (χ3n) is 2.02. The van der Waals surface area contributed by atoms with Crippen LogP contribution in [0.1, 0.15) is 0 Å². The van der Waals surface area contributed by atoms with Crippen LogP contribution >= 0.6 is 0 Å². The predicted octanol–water partition coefficient (Wildman–Crippen LogP) is -2.31. The zero-order valence-electron chi connectivity index (χ0n) is 12.1. The van der Waals surface area contributed by atoms with Crippen LogP contribution in [0.25, 0.3) is 0 Å². The first-order valence-corrected chi connectivity index (χ1v) is 6.74. The van der Waals surface area contributed by atoms with E-state index in [0.29, 0.717) is 52.9 Å². The van der Waals surface area contributed by atoms with Gasteiger partial charge in [0.15, 0.2) is 12.6 Å². The fourth-order valence-corrected chi connectivity index (χ4v) is 1.16. The standard InChI is InChI=1S/C12H26O9/c13-11(14)9-20-7-5-18-3-1-17-2-4-19-6-8-21-10-12(15)16/h11-16H,1-10H2. The summed E-state index contributed by atoms with van der Waals surface area (Å²) in [6, 6.07) is 0. The lowest BCUT2D eigenvalue weighted by atomic mass is 10.6. The van der Waals surface area contributed by atoms with Crippen LogP contribution < -0.4 is 0 Å². The Bertz CT molecular complexity index is 181. The Morgan fingerprint density at radius 3 is 0.905 bits per heavy atom. The fourth-order valence-electron chi connectivity index (χ4n) is 1.16. The van der Waals surface area contributed by atoms with Gasteiger partial charge in [-0.05, 0) is 0 Å². The van der Waals surface area contributed by atoms with Gasteiger partial charge >= 0.3 is 0 Å². The molecule has 4 N–H and O–H groups in total. The van der Waals surface area contributed by atoms with Gasteiger partial charge in [-0.2, -0.15) is 0 Å². The SMILES string of the molecule is OC(O)COCCOCCOCCOCCOCC(O)O. The highest BCUT2D eigenvalue weighted by Gasteiger charge is 1.97. The summed E-state index contributed by atoms with van der Waals surface area (Å²) in [6.45, 7) is 2.76. The summed E-state index contributed by atoms with van der Waals surface area (Å²) in [5.41, 5.74) is 0. The van der Waals surface area contributed by atoms with E-state index in [2.05, 4.69) is 0 Å². The van der Waals surface area contributed by atoms with Crippen molar-refractivity contribution in [3.63, 3.8) is 0 Å². The van der Waals surface area contributed by atoms with E-state index in [1.807, 2.05) is 0 Å². The number of hydrogen-bond acceptors (Lipinski definition) is 9. The van der Waals surface area contributed by atoms with E-state index in [0.717, 1.165) is 0 Å². The minimum atomic E-state index is -1.45. The molecule has 21 heavy (non-hydrogen) atoms. The van der Waals surface area contributed by atoms with Crippen molar-refractivity contribution in [1.82, 2.24) is 0 Å². The topological polar surface area (TPSA) is 127 Å². The van der Waals surface area contributed by atoms with Crippen molar-refractivity contribution >= 4 is 0 Å². The number of ether oxygens (including phenoxy) is 5. The third-order valence-corrected chi connectivity index (χ3v) is 2.02. The zero-order valence-corrected chi connectivity index (χ0v) is 12.1. The van der Waals surface area contributed by atoms with E-state index < -0.39 is 12.6 Å². The van der Waals surface area contributed by atoms with Crippen LogP contribution in [-0.4, -0.2) is 99.1 Å². The number of aliphatic hydroxyl groups excluding tert-OH is 2. The number of aliphatic hydroxyl groups is 4. The average Bonchev–Trinajstić information content (AvgIpc) is 2.42. The summed E-state index contributed by atoms with van der Waals surface area (Å²) in [5.74, 6) is 0. The Labute approximate surface area is 123 Å². The molecule has 0 unspecified atom stereocenters. The Balaban J connectivity index is 2.96. The summed E-state index contributed by atoms with van der Waals surface area (Å²) < 4.78 is 25.3. The molecule has 0 fully saturated rings. The van der Waals surface area contributed by atoms with Crippen LogP contribution in [-0.2, 0) is 23.7 Å². The molecular weight excluding hydrogens is 288 g/mol. The molecule has 0 rings (SSSR count). The Morgan fingerprint density at radius 1 is 0.429 bits per heavy atom. The van der Waals surface area contributed by atoms with Crippen molar-refractivity contribution in [2.24, 2.45) is 0 Å². The quantitative estimate of drug-likeness (QED) is 0.183. The molecule has 9 heteroatoms. The van der Waals surface area contributed by atoms with Gasteiger partial charge in [0.05, 0.1) is 66.1 Å². The number of hydrogen-bond donors (Lipinski definition) is 4. The van der Waals surface area contributed by atoms with Gasteiger partial charge in [0.25, 0.3) is 0 Å². The monoisotopic (exact) mass is 314 g/mol. The first-order chi connectivity index (χ1) is 10.1. The molecule has 0 spiro atoms. The van der Waals surface area contributed by atoms with Crippen molar-refractivity contribution < 1.29 is 44.1 Å². The number of rotatable bonds is 16. The molecule has 0 aliphatic heterocycles. The molecule has 0 aromatic carbocycles. The first-order valence-electron chi connectivity index (χ1n) is 6.74. The van der Waals surface area contributed by atoms with Crippen molar-refractivity contribution in [1.29, 1.82) is 0 Å². The summed E-state index contributed by atoms with van der Waals surface area (Å²) in [7, 11) is 0. The largest absolute Gasteiger partial charge is 0.377 e. The highest BCUT2D eigenvalue weighted by atomic mass is 16.6. The van der Waals surface area contributed by atoms with E-state index in [9.17, 15) is 0 Å². The second-order valence-corrected chi connectivity index (χ2v) is 3.95. The molecule has 0 saturated carbocycles. The molecule has 0 aliphatic carbocycles. The van der Waals surface area contributed by atoms with E-state index in [4.69, 9.17) is 44.1 Å². The van der Waals surface area contributed by atoms with E-state index in [1.165, 1.54) is 0 Å². The maximum Gasteiger partial charge on any atom is 0.175 e. The molecule has 0 saturated heterocycles. The summed E-state index contributed by atoms with van der Waals surface area (Å²) in [4.78, 5) is 0. The molecule has 9 nitrogen and oxygen atoms in total. The molecule has 0 amide bonds. The Hall–Kier alpha value is -0.360. The van der Waals surface area contributed by atoms with Crippen LogP contribution in [0.3, 0.4) is 0 Å². The fraction of sp³-hybridized carbons (Fsp3) is 1.00. The predicted molar refractivity (Wildman–Crippen MR) is 70.5 cm³/mol. The molecular formula is C12H26O9. The van der Waals surface area contributed by atoms with Crippen molar-refractivity contribution in [2.75, 3.05) is 66.1 Å². The van der Waals surface area contributed by atoms with Crippen molar-refractivity contribution in [2.45, 2.75) is 12.6 Å². The van der Waals surface area contributed by atoms with Crippen LogP contribution in [0, 0.1) is 0 Å². The second-order valence-electron chi connectivity index (χ2n) is 3.95. The third kappa shape index (κ3) is 19.6. The lowest BCUT2D eigenvalue weighted by Crippen LogP contribution is -2.18. The maximum atomic E-state index is 8.50. The molecule has 0 heterocycles. The Morgan fingerprint density at radius 2 is 0.667 bits per heavy atom. The molecule has 0 bridgehead atoms. The molecule has 128 valence electrons. The van der Waals surface area contributed by atoms with Gasteiger partial charge in [-0.25, -0.2) is 0 Å². The van der Waals surface area contributed by atoms with Crippen LogP contribution in [0.15, 0.2) is 0 Å². The molecule has 0 atom stereocenters. The zero-order chi connectivity index (χ0) is 15.8. The van der Waals surface area contributed by atoms with Crippen LogP contribution in [0.2, 0.25) is 0 Å². The average molecular weight is 314 g/mol. The van der Waals surface area contributed by atoms with Crippen molar-refractivity contribution in [3.8, 4) is 0 Å². The molecule has 0 aromatic rings. The summed E-state index contributed by atoms with van der Waals surface area (Å²) in [6.07, 6.45) is -2.90. The normalized spacial score (nSPS) is 11.7. The van der Waals surface area contributed by atoms with Gasteiger partial charge in [0, 0.05) is 0 Å². The van der Waals surface area contributed by atoms with Gasteiger partial charge in [0.1, 0.15) is 0 Å². The van der Waals surface area contributed by atoms with Crippen molar-refractivity contribution in [3.05, 3.63) is 0 Å². The minimum absolute atomic E-state index is 0.127. The first kappa shape index (κ1) is 20.6. The molecule has 0 aliphatic rings. The Kier molecular flexibility index (Phi) is 15.7. The highest BCUT2D eigenvalue weighted by molar-refractivity contribution is 4.37. The summed E-state index contributed by atoms with van der Waals surface area (Å²) in [5, 5.41) is 34.0. The van der Waals surface area contributed by atoms with E-state index in [-0.39, 0.29) is 13.2 Å². The van der Waals surface area contributed by atoms with Gasteiger partial charge in [-0.3, -0.25) is 0 Å². The van der Waals surface area contributed by atoms with Gasteiger partial charge in [-0.1, -0.05) is 0 Å². The molecule has 0 radical (unpaired) electrons.